The molecule has 3 unspecified atom stereocenters. The number of alkyl halides is 3. The van der Waals surface area contributed by atoms with Crippen LogP contribution in [0.25, 0.3) is 11.3 Å². The molecule has 1 saturated heterocycles. The molecule has 0 saturated carbocycles. The van der Waals surface area contributed by atoms with Crippen molar-refractivity contribution in [3.05, 3.63) is 72.0 Å². The normalized spacial score (nSPS) is 17.0. The summed E-state index contributed by atoms with van der Waals surface area (Å²) in [7, 11) is 0. The van der Waals surface area contributed by atoms with Crippen LogP contribution in [0.15, 0.2) is 59.4 Å². The van der Waals surface area contributed by atoms with Crippen molar-refractivity contribution in [2.24, 2.45) is 5.92 Å². The van der Waals surface area contributed by atoms with Crippen LogP contribution in [0.3, 0.4) is 0 Å². The number of hydrogen-bond donors (Lipinski definition) is 3. The molecule has 2 aromatic heterocycles. The lowest BCUT2D eigenvalue weighted by molar-refractivity contribution is -0.142. The molecule has 3 aromatic rings. The Morgan fingerprint density at radius 3 is 2.69 bits per heavy atom. The summed E-state index contributed by atoms with van der Waals surface area (Å²) in [5.41, 5.74) is 3.03. The number of carbonyl (C=O) groups is 2. The van der Waals surface area contributed by atoms with Crippen molar-refractivity contribution in [2.75, 3.05) is 32.7 Å². The maximum Gasteiger partial charge on any atom is 0.405 e. The van der Waals surface area contributed by atoms with Crippen LogP contribution in [-0.2, 0) is 28.9 Å². The number of benzene rings is 1. The molecule has 0 aliphatic carbocycles. The molecule has 0 spiro atoms. The zero-order valence-corrected chi connectivity index (χ0v) is 25.9. The molecule has 0 bridgehead atoms. The Morgan fingerprint density at radius 1 is 1.13 bits per heavy atom. The molecule has 1 aliphatic heterocycles. The second-order valence-electron chi connectivity index (χ2n) is 11.7. The minimum absolute atomic E-state index is 0.0885. The minimum Gasteiger partial charge on any atom is -0.441 e. The molecule has 1 aromatic carbocycles. The van der Waals surface area contributed by atoms with Gasteiger partial charge >= 0.3 is 6.18 Å². The van der Waals surface area contributed by atoms with Gasteiger partial charge in [0, 0.05) is 56.0 Å². The smallest absolute Gasteiger partial charge is 0.405 e. The van der Waals surface area contributed by atoms with E-state index in [0.717, 1.165) is 29.5 Å². The van der Waals surface area contributed by atoms with Gasteiger partial charge in [-0.1, -0.05) is 43.7 Å². The van der Waals surface area contributed by atoms with E-state index in [2.05, 4.69) is 33.6 Å². The highest BCUT2D eigenvalue weighted by Gasteiger charge is 2.33. The Hall–Kier alpha value is -3.77. The van der Waals surface area contributed by atoms with E-state index >= 15 is 0 Å². The largest absolute Gasteiger partial charge is 0.441 e. The Balaban J connectivity index is 1.34. The number of nitrogens with zero attached hydrogens (tertiary/aromatic N) is 3. The Kier molecular flexibility index (Phi) is 12.5. The van der Waals surface area contributed by atoms with Gasteiger partial charge < -0.3 is 20.4 Å². The SMILES string of the molecule is CCCc1cncc(-c2cnc(CC(C)NC(=O)C(CCCN3CCNCC3C(=O)NCC(F)(F)F)Cc3ccccc3)o2)c1. The van der Waals surface area contributed by atoms with Gasteiger partial charge in [-0.05, 0) is 56.3 Å². The van der Waals surface area contributed by atoms with E-state index in [1.165, 1.54) is 0 Å². The number of oxazole rings is 1. The lowest BCUT2D eigenvalue weighted by Crippen LogP contribution is -2.58. The summed E-state index contributed by atoms with van der Waals surface area (Å²) in [5.74, 6) is 0.0878. The second-order valence-corrected chi connectivity index (χ2v) is 11.7. The summed E-state index contributed by atoms with van der Waals surface area (Å²) in [6.45, 7) is 4.62. The predicted molar refractivity (Wildman–Crippen MR) is 165 cm³/mol. The number of carbonyl (C=O) groups excluding carboxylic acids is 2. The second kappa shape index (κ2) is 16.5. The Labute approximate surface area is 262 Å². The van der Waals surface area contributed by atoms with E-state index in [1.54, 1.807) is 12.4 Å². The molecular weight excluding hydrogens is 585 g/mol. The quantitative estimate of drug-likeness (QED) is 0.230. The zero-order chi connectivity index (χ0) is 32.2. The topological polar surface area (TPSA) is 112 Å². The van der Waals surface area contributed by atoms with Crippen molar-refractivity contribution in [1.29, 1.82) is 0 Å². The predicted octanol–water partition coefficient (Wildman–Crippen LogP) is 4.33. The summed E-state index contributed by atoms with van der Waals surface area (Å²) in [6, 6.07) is 10.9. The number of nitrogens with one attached hydrogen (secondary N) is 3. The number of amides is 2. The number of pyridine rings is 1. The van der Waals surface area contributed by atoms with Gasteiger partial charge in [-0.15, -0.1) is 0 Å². The fraction of sp³-hybridized carbons (Fsp3) is 0.515. The van der Waals surface area contributed by atoms with Gasteiger partial charge in [-0.25, -0.2) is 4.98 Å². The van der Waals surface area contributed by atoms with Crippen LogP contribution in [0, 0.1) is 5.92 Å². The van der Waals surface area contributed by atoms with Crippen LogP contribution in [0.1, 0.15) is 50.1 Å². The average Bonchev–Trinajstić information content (AvgIpc) is 3.48. The first-order valence-corrected chi connectivity index (χ1v) is 15.6. The van der Waals surface area contributed by atoms with Crippen molar-refractivity contribution in [2.45, 2.75) is 70.6 Å². The maximum atomic E-state index is 13.5. The molecule has 4 rings (SSSR count). The van der Waals surface area contributed by atoms with E-state index in [0.29, 0.717) is 57.0 Å². The maximum absolute atomic E-state index is 13.5. The van der Waals surface area contributed by atoms with Gasteiger partial charge in [0.15, 0.2) is 11.7 Å². The number of halogens is 3. The average molecular weight is 629 g/mol. The summed E-state index contributed by atoms with van der Waals surface area (Å²) >= 11 is 0. The highest BCUT2D eigenvalue weighted by molar-refractivity contribution is 5.82. The first-order valence-electron chi connectivity index (χ1n) is 15.6. The summed E-state index contributed by atoms with van der Waals surface area (Å²) in [4.78, 5) is 36.7. The minimum atomic E-state index is -4.47. The van der Waals surface area contributed by atoms with Crippen LogP contribution < -0.4 is 16.0 Å². The lowest BCUT2D eigenvalue weighted by atomic mass is 9.93. The van der Waals surface area contributed by atoms with Crippen molar-refractivity contribution >= 4 is 11.8 Å². The van der Waals surface area contributed by atoms with E-state index < -0.39 is 24.7 Å². The van der Waals surface area contributed by atoms with Crippen LogP contribution in [-0.4, -0.2) is 77.7 Å². The standard InChI is InChI=1S/C33H43F3N6O3/c1-3-8-25-17-27(19-38-18-25)29-21-39-30(45-29)15-23(2)41-31(43)26(16-24-9-5-4-6-10-24)11-7-13-42-14-12-37-20-28(42)32(44)40-22-33(34,35)36/h4-6,9-10,17-19,21,23,26,28,37H,3,7-8,11-16,20,22H2,1-2H3,(H,40,44)(H,41,43). The molecule has 45 heavy (non-hydrogen) atoms. The molecule has 2 amide bonds. The van der Waals surface area contributed by atoms with Crippen molar-refractivity contribution in [3.63, 3.8) is 0 Å². The van der Waals surface area contributed by atoms with Gasteiger partial charge in [0.2, 0.25) is 11.8 Å². The number of rotatable bonds is 15. The van der Waals surface area contributed by atoms with Crippen LogP contribution in [0.4, 0.5) is 13.2 Å². The Bertz CT molecular complexity index is 1370. The third kappa shape index (κ3) is 11.0. The summed E-state index contributed by atoms with van der Waals surface area (Å²) in [6.07, 6.45) is 4.89. The fourth-order valence-corrected chi connectivity index (χ4v) is 5.60. The zero-order valence-electron chi connectivity index (χ0n) is 25.9. The molecule has 1 aliphatic rings. The van der Waals surface area contributed by atoms with Gasteiger partial charge in [-0.3, -0.25) is 19.5 Å². The van der Waals surface area contributed by atoms with Gasteiger partial charge in [0.1, 0.15) is 12.6 Å². The summed E-state index contributed by atoms with van der Waals surface area (Å²) < 4.78 is 44.0. The Morgan fingerprint density at radius 2 is 1.93 bits per heavy atom. The first-order chi connectivity index (χ1) is 21.6. The first kappa shape index (κ1) is 34.1. The van der Waals surface area contributed by atoms with E-state index in [1.807, 2.05) is 53.7 Å². The molecule has 244 valence electrons. The van der Waals surface area contributed by atoms with Gasteiger partial charge in [0.05, 0.1) is 6.20 Å². The molecule has 0 radical (unpaired) electrons. The summed E-state index contributed by atoms with van der Waals surface area (Å²) in [5, 5.41) is 8.22. The molecule has 3 heterocycles. The molecule has 12 heteroatoms. The highest BCUT2D eigenvalue weighted by Crippen LogP contribution is 2.22. The number of aromatic nitrogens is 2. The number of aryl methyl sites for hydroxylation is 1. The van der Waals surface area contributed by atoms with Crippen LogP contribution in [0.2, 0.25) is 0 Å². The van der Waals surface area contributed by atoms with E-state index in [9.17, 15) is 22.8 Å². The van der Waals surface area contributed by atoms with Crippen LogP contribution >= 0.6 is 0 Å². The van der Waals surface area contributed by atoms with Crippen LogP contribution in [0.5, 0.6) is 0 Å². The van der Waals surface area contributed by atoms with E-state index in [4.69, 9.17) is 4.42 Å². The monoisotopic (exact) mass is 628 g/mol. The van der Waals surface area contributed by atoms with Crippen molar-refractivity contribution < 1.29 is 27.2 Å². The van der Waals surface area contributed by atoms with Crippen molar-refractivity contribution in [1.82, 2.24) is 30.8 Å². The molecule has 3 atom stereocenters. The number of hydrogen-bond acceptors (Lipinski definition) is 7. The molecule has 1 fully saturated rings. The lowest BCUT2D eigenvalue weighted by Gasteiger charge is -2.35. The fourth-order valence-electron chi connectivity index (χ4n) is 5.60. The van der Waals surface area contributed by atoms with E-state index in [-0.39, 0.29) is 24.4 Å². The van der Waals surface area contributed by atoms with Gasteiger partial charge in [-0.2, -0.15) is 13.2 Å². The van der Waals surface area contributed by atoms with Gasteiger partial charge in [0.25, 0.3) is 0 Å². The number of piperazine rings is 1. The highest BCUT2D eigenvalue weighted by atomic mass is 19.4. The van der Waals surface area contributed by atoms with Crippen molar-refractivity contribution in [3.8, 4) is 11.3 Å². The molecule has 3 N–H and O–H groups in total. The third-order valence-corrected chi connectivity index (χ3v) is 7.85. The third-order valence-electron chi connectivity index (χ3n) is 7.85. The molecular formula is C33H43F3N6O3. The molecule has 9 nitrogen and oxygen atoms in total.